The number of nitrogen functional groups attached to an aromatic ring is 1. The van der Waals surface area contributed by atoms with E-state index in [-0.39, 0.29) is 11.9 Å². The molecule has 0 radical (unpaired) electrons. The third-order valence-corrected chi connectivity index (χ3v) is 4.09. The molecule has 0 atom stereocenters. The van der Waals surface area contributed by atoms with Gasteiger partial charge < -0.3 is 16.0 Å². The van der Waals surface area contributed by atoms with Crippen LogP contribution in [-0.2, 0) is 0 Å². The summed E-state index contributed by atoms with van der Waals surface area (Å²) < 4.78 is 0. The van der Waals surface area contributed by atoms with E-state index in [2.05, 4.69) is 17.2 Å². The highest BCUT2D eigenvalue weighted by atomic mass is 32.1. The number of nitrogens with one attached hydrogen (secondary N) is 1. The van der Waals surface area contributed by atoms with Gasteiger partial charge >= 0.3 is 0 Å². The molecule has 1 amide bonds. The van der Waals surface area contributed by atoms with Crippen molar-refractivity contribution in [1.29, 1.82) is 0 Å². The minimum Gasteiger partial charge on any atom is -0.382 e. The molecule has 1 aliphatic carbocycles. The highest BCUT2D eigenvalue weighted by molar-refractivity contribution is 7.18. The zero-order valence-electron chi connectivity index (χ0n) is 11.8. The molecular formula is C13H22N4OS. The SMILES string of the molecule is CCCN(C(=O)c1sc(NC2CC2)nc1N)C(C)C. The van der Waals surface area contributed by atoms with Crippen molar-refractivity contribution in [2.24, 2.45) is 0 Å². The Kier molecular flexibility index (Phi) is 4.29. The lowest BCUT2D eigenvalue weighted by Crippen LogP contribution is -2.37. The van der Waals surface area contributed by atoms with Gasteiger partial charge in [-0.1, -0.05) is 18.3 Å². The Morgan fingerprint density at radius 3 is 2.79 bits per heavy atom. The molecule has 1 aromatic heterocycles. The number of carbonyl (C=O) groups is 1. The summed E-state index contributed by atoms with van der Waals surface area (Å²) in [4.78, 5) is 19.2. The third-order valence-electron chi connectivity index (χ3n) is 3.10. The molecule has 0 saturated heterocycles. The Morgan fingerprint density at radius 2 is 2.26 bits per heavy atom. The molecule has 0 spiro atoms. The van der Waals surface area contributed by atoms with E-state index in [1.165, 1.54) is 24.2 Å². The van der Waals surface area contributed by atoms with E-state index < -0.39 is 0 Å². The summed E-state index contributed by atoms with van der Waals surface area (Å²) in [6.45, 7) is 6.86. The van der Waals surface area contributed by atoms with Gasteiger partial charge in [0.2, 0.25) is 0 Å². The van der Waals surface area contributed by atoms with Crippen molar-refractivity contribution in [1.82, 2.24) is 9.88 Å². The van der Waals surface area contributed by atoms with Crippen molar-refractivity contribution < 1.29 is 4.79 Å². The third kappa shape index (κ3) is 3.37. The van der Waals surface area contributed by atoms with E-state index in [0.717, 1.165) is 18.1 Å². The van der Waals surface area contributed by atoms with Gasteiger partial charge in [0.25, 0.3) is 5.91 Å². The summed E-state index contributed by atoms with van der Waals surface area (Å²) in [5.41, 5.74) is 5.88. The Bertz CT molecular complexity index is 453. The Labute approximate surface area is 118 Å². The fourth-order valence-corrected chi connectivity index (χ4v) is 2.83. The standard InChI is InChI=1S/C13H22N4OS/c1-4-7-17(8(2)3)12(18)10-11(14)16-13(19-10)15-9-5-6-9/h8-9H,4-7,14H2,1-3H3,(H,15,16). The van der Waals surface area contributed by atoms with Crippen molar-refractivity contribution in [3.8, 4) is 0 Å². The monoisotopic (exact) mass is 282 g/mol. The van der Waals surface area contributed by atoms with Crippen molar-refractivity contribution in [2.75, 3.05) is 17.6 Å². The summed E-state index contributed by atoms with van der Waals surface area (Å²) in [7, 11) is 0. The molecule has 5 nitrogen and oxygen atoms in total. The van der Waals surface area contributed by atoms with Crippen LogP contribution in [0.3, 0.4) is 0 Å². The lowest BCUT2D eigenvalue weighted by molar-refractivity contribution is 0.0712. The quantitative estimate of drug-likeness (QED) is 0.841. The molecule has 0 aromatic carbocycles. The summed E-state index contributed by atoms with van der Waals surface area (Å²) >= 11 is 1.37. The number of thiazole rings is 1. The Hall–Kier alpha value is -1.30. The number of nitrogens with two attached hydrogens (primary N) is 1. The largest absolute Gasteiger partial charge is 0.382 e. The molecule has 3 N–H and O–H groups in total. The van der Waals surface area contributed by atoms with Crippen molar-refractivity contribution in [2.45, 2.75) is 52.1 Å². The van der Waals surface area contributed by atoms with E-state index in [4.69, 9.17) is 5.73 Å². The van der Waals surface area contributed by atoms with Crippen LogP contribution in [0, 0.1) is 0 Å². The van der Waals surface area contributed by atoms with Gasteiger partial charge in [-0.15, -0.1) is 0 Å². The maximum atomic E-state index is 12.5. The van der Waals surface area contributed by atoms with Gasteiger partial charge in [0.1, 0.15) is 10.7 Å². The molecule has 6 heteroatoms. The van der Waals surface area contributed by atoms with Gasteiger partial charge in [-0.05, 0) is 33.1 Å². The van der Waals surface area contributed by atoms with Crippen LogP contribution in [0.5, 0.6) is 0 Å². The topological polar surface area (TPSA) is 71.2 Å². The van der Waals surface area contributed by atoms with Crippen molar-refractivity contribution in [3.05, 3.63) is 4.88 Å². The number of hydrogen-bond acceptors (Lipinski definition) is 5. The smallest absolute Gasteiger partial charge is 0.268 e. The first-order valence-corrected chi connectivity index (χ1v) is 7.68. The van der Waals surface area contributed by atoms with Crippen LogP contribution in [0.15, 0.2) is 0 Å². The van der Waals surface area contributed by atoms with Crippen LogP contribution in [0.25, 0.3) is 0 Å². The molecule has 1 fully saturated rings. The first kappa shape index (κ1) is 14.1. The highest BCUT2D eigenvalue weighted by Crippen LogP contribution is 2.31. The van der Waals surface area contributed by atoms with Crippen LogP contribution < -0.4 is 11.1 Å². The Balaban J connectivity index is 2.14. The minimum atomic E-state index is -0.00398. The zero-order chi connectivity index (χ0) is 14.0. The fourth-order valence-electron chi connectivity index (χ4n) is 1.91. The van der Waals surface area contributed by atoms with E-state index in [9.17, 15) is 4.79 Å². The molecule has 0 unspecified atom stereocenters. The maximum absolute atomic E-state index is 12.5. The predicted octanol–water partition coefficient (Wildman–Crippen LogP) is 2.56. The van der Waals surface area contributed by atoms with Gasteiger partial charge in [-0.3, -0.25) is 4.79 Å². The van der Waals surface area contributed by atoms with E-state index in [1.807, 2.05) is 18.7 Å². The number of carbonyl (C=O) groups excluding carboxylic acids is 1. The van der Waals surface area contributed by atoms with Crippen LogP contribution in [0.4, 0.5) is 10.9 Å². The van der Waals surface area contributed by atoms with Crippen molar-refractivity contribution >= 4 is 28.2 Å². The number of aromatic nitrogens is 1. The van der Waals surface area contributed by atoms with Gasteiger partial charge in [0.15, 0.2) is 5.13 Å². The summed E-state index contributed by atoms with van der Waals surface area (Å²) in [6.07, 6.45) is 3.29. The van der Waals surface area contributed by atoms with Crippen molar-refractivity contribution in [3.63, 3.8) is 0 Å². The number of anilines is 2. The lowest BCUT2D eigenvalue weighted by atomic mass is 10.2. The zero-order valence-corrected chi connectivity index (χ0v) is 12.6. The van der Waals surface area contributed by atoms with Gasteiger partial charge in [0.05, 0.1) is 0 Å². The van der Waals surface area contributed by atoms with Crippen LogP contribution in [0.2, 0.25) is 0 Å². The van der Waals surface area contributed by atoms with Gasteiger partial charge in [0, 0.05) is 18.6 Å². The average molecular weight is 282 g/mol. The van der Waals surface area contributed by atoms with E-state index in [1.54, 1.807) is 0 Å². The first-order valence-electron chi connectivity index (χ1n) is 6.86. The molecule has 1 aromatic rings. The molecule has 2 rings (SSSR count). The van der Waals surface area contributed by atoms with Crippen LogP contribution >= 0.6 is 11.3 Å². The predicted molar refractivity (Wildman–Crippen MR) is 79.6 cm³/mol. The number of amides is 1. The van der Waals surface area contributed by atoms with Gasteiger partial charge in [-0.2, -0.15) is 0 Å². The second-order valence-electron chi connectivity index (χ2n) is 5.24. The van der Waals surface area contributed by atoms with E-state index >= 15 is 0 Å². The van der Waals surface area contributed by atoms with Gasteiger partial charge in [-0.25, -0.2) is 4.98 Å². The molecule has 0 bridgehead atoms. The lowest BCUT2D eigenvalue weighted by Gasteiger charge is -2.25. The first-order chi connectivity index (χ1) is 9.02. The second kappa shape index (κ2) is 5.77. The number of hydrogen-bond donors (Lipinski definition) is 2. The molecule has 106 valence electrons. The number of nitrogens with zero attached hydrogens (tertiary/aromatic N) is 2. The van der Waals surface area contributed by atoms with E-state index in [0.29, 0.717) is 16.7 Å². The van der Waals surface area contributed by atoms with Crippen LogP contribution in [0.1, 0.15) is 49.7 Å². The maximum Gasteiger partial charge on any atom is 0.268 e. The molecule has 0 aliphatic heterocycles. The Morgan fingerprint density at radius 1 is 1.58 bits per heavy atom. The van der Waals surface area contributed by atoms with Crippen LogP contribution in [-0.4, -0.2) is 34.4 Å². The highest BCUT2D eigenvalue weighted by Gasteiger charge is 2.26. The second-order valence-corrected chi connectivity index (χ2v) is 6.24. The summed E-state index contributed by atoms with van der Waals surface area (Å²) in [6, 6.07) is 0.694. The molecule has 1 heterocycles. The average Bonchev–Trinajstić information content (AvgIpc) is 3.07. The minimum absolute atomic E-state index is 0.00398. The summed E-state index contributed by atoms with van der Waals surface area (Å²) in [5, 5.41) is 4.06. The number of rotatable bonds is 6. The molecular weight excluding hydrogens is 260 g/mol. The molecule has 19 heavy (non-hydrogen) atoms. The normalized spacial score (nSPS) is 14.7. The summed E-state index contributed by atoms with van der Waals surface area (Å²) in [5.74, 6) is 0.343. The fraction of sp³-hybridized carbons (Fsp3) is 0.692. The molecule has 1 saturated carbocycles. The molecule has 1 aliphatic rings.